The van der Waals surface area contributed by atoms with Gasteiger partial charge in [-0.25, -0.2) is 0 Å². The van der Waals surface area contributed by atoms with Crippen molar-refractivity contribution in [3.8, 4) is 11.5 Å². The Morgan fingerprint density at radius 1 is 1.00 bits per heavy atom. The molecule has 0 radical (unpaired) electrons. The molecule has 2 aromatic rings. The fraction of sp³-hybridized carbons (Fsp3) is 0.333. The SMILES string of the molecule is COc1cc(C=C2SC(N3CCSCC3)=NC2=O)ccc1OCc1ccc(C(F)(F)F)cc1C(F)(F)F. The summed E-state index contributed by atoms with van der Waals surface area (Å²) >= 11 is 3.11. The van der Waals surface area contributed by atoms with Gasteiger partial charge in [-0.2, -0.15) is 43.1 Å². The number of methoxy groups -OCH3 is 1. The number of aliphatic imine (C=N–C) groups is 1. The van der Waals surface area contributed by atoms with Gasteiger partial charge < -0.3 is 14.4 Å². The maximum atomic E-state index is 13.4. The van der Waals surface area contributed by atoms with Crippen LogP contribution in [0.25, 0.3) is 6.08 Å². The van der Waals surface area contributed by atoms with Crippen LogP contribution in [0.5, 0.6) is 11.5 Å². The number of ether oxygens (including phenoxy) is 2. The molecule has 0 spiro atoms. The van der Waals surface area contributed by atoms with Gasteiger partial charge in [0.2, 0.25) is 0 Å². The van der Waals surface area contributed by atoms with E-state index in [4.69, 9.17) is 9.47 Å². The van der Waals surface area contributed by atoms with Crippen molar-refractivity contribution in [2.75, 3.05) is 31.7 Å². The summed E-state index contributed by atoms with van der Waals surface area (Å²) in [5.74, 6) is 1.83. The van der Waals surface area contributed by atoms with Crippen molar-refractivity contribution in [2.45, 2.75) is 19.0 Å². The van der Waals surface area contributed by atoms with Gasteiger partial charge in [0.05, 0.1) is 23.1 Å². The number of hydrogen-bond donors (Lipinski definition) is 0. The Morgan fingerprint density at radius 2 is 1.73 bits per heavy atom. The molecule has 198 valence electrons. The predicted molar refractivity (Wildman–Crippen MR) is 131 cm³/mol. The molecule has 0 aromatic heterocycles. The lowest BCUT2D eigenvalue weighted by Crippen LogP contribution is -2.35. The molecule has 0 bridgehead atoms. The van der Waals surface area contributed by atoms with E-state index in [1.165, 1.54) is 24.9 Å². The summed E-state index contributed by atoms with van der Waals surface area (Å²) in [6, 6.07) is 5.99. The summed E-state index contributed by atoms with van der Waals surface area (Å²) in [5, 5.41) is 0.653. The first-order valence-electron chi connectivity index (χ1n) is 10.9. The molecular formula is C24H20F6N2O3S2. The van der Waals surface area contributed by atoms with E-state index in [1.807, 2.05) is 11.8 Å². The van der Waals surface area contributed by atoms with E-state index in [1.54, 1.807) is 18.2 Å². The van der Waals surface area contributed by atoms with E-state index < -0.39 is 35.6 Å². The van der Waals surface area contributed by atoms with Gasteiger partial charge in [-0.15, -0.1) is 0 Å². The minimum absolute atomic E-state index is 0.0700. The molecule has 5 nitrogen and oxygen atoms in total. The highest BCUT2D eigenvalue weighted by molar-refractivity contribution is 8.18. The van der Waals surface area contributed by atoms with E-state index in [2.05, 4.69) is 9.89 Å². The molecule has 0 unspecified atom stereocenters. The average molecular weight is 563 g/mol. The van der Waals surface area contributed by atoms with Crippen LogP contribution in [0.1, 0.15) is 22.3 Å². The van der Waals surface area contributed by atoms with Crippen LogP contribution in [-0.2, 0) is 23.8 Å². The standard InChI is InChI=1S/C24H20F6N2O3S2/c1-34-19-10-14(11-20-21(33)31-22(37-20)32-6-8-36-9-7-32)2-5-18(19)35-13-15-3-4-16(23(25,26)27)12-17(15)24(28,29)30/h2-5,10-12H,6-9,13H2,1H3. The molecule has 0 saturated carbocycles. The van der Waals surface area contributed by atoms with E-state index in [9.17, 15) is 31.1 Å². The van der Waals surface area contributed by atoms with Gasteiger partial charge in [-0.1, -0.05) is 12.1 Å². The number of halogens is 6. The first kappa shape index (κ1) is 27.2. The topological polar surface area (TPSA) is 51.1 Å². The number of amides is 1. The summed E-state index contributed by atoms with van der Waals surface area (Å²) in [4.78, 5) is 19.0. The molecule has 0 aliphatic carbocycles. The van der Waals surface area contributed by atoms with Crippen molar-refractivity contribution in [1.82, 2.24) is 4.90 Å². The normalized spacial score (nSPS) is 17.8. The zero-order valence-corrected chi connectivity index (χ0v) is 20.9. The van der Waals surface area contributed by atoms with Crippen LogP contribution in [0.2, 0.25) is 0 Å². The zero-order valence-electron chi connectivity index (χ0n) is 19.3. The minimum Gasteiger partial charge on any atom is -0.493 e. The number of rotatable bonds is 5. The molecule has 2 aromatic carbocycles. The van der Waals surface area contributed by atoms with Crippen molar-refractivity contribution in [3.05, 3.63) is 63.6 Å². The zero-order chi connectivity index (χ0) is 26.8. The Balaban J connectivity index is 1.50. The first-order valence-corrected chi connectivity index (χ1v) is 12.9. The average Bonchev–Trinajstić information content (AvgIpc) is 3.22. The lowest BCUT2D eigenvalue weighted by atomic mass is 10.0. The van der Waals surface area contributed by atoms with Gasteiger partial charge in [-0.05, 0) is 47.7 Å². The maximum absolute atomic E-state index is 13.4. The molecule has 4 rings (SSSR count). The van der Waals surface area contributed by atoms with Crippen molar-refractivity contribution in [3.63, 3.8) is 0 Å². The van der Waals surface area contributed by atoms with E-state index in [0.29, 0.717) is 21.7 Å². The number of benzene rings is 2. The van der Waals surface area contributed by atoms with E-state index in [-0.39, 0.29) is 23.5 Å². The highest BCUT2D eigenvalue weighted by atomic mass is 32.2. The number of nitrogens with zero attached hydrogens (tertiary/aromatic N) is 2. The lowest BCUT2D eigenvalue weighted by Gasteiger charge is -2.26. The second-order valence-electron chi connectivity index (χ2n) is 7.98. The molecule has 2 heterocycles. The molecular weight excluding hydrogens is 542 g/mol. The van der Waals surface area contributed by atoms with Gasteiger partial charge in [0.25, 0.3) is 5.91 Å². The van der Waals surface area contributed by atoms with Crippen LogP contribution < -0.4 is 9.47 Å². The highest BCUT2D eigenvalue weighted by Gasteiger charge is 2.38. The highest BCUT2D eigenvalue weighted by Crippen LogP contribution is 2.39. The van der Waals surface area contributed by atoms with Crippen molar-refractivity contribution >= 4 is 40.7 Å². The molecule has 1 fully saturated rings. The molecule has 1 saturated heterocycles. The van der Waals surface area contributed by atoms with Gasteiger partial charge in [0, 0.05) is 30.2 Å². The molecule has 37 heavy (non-hydrogen) atoms. The Kier molecular flexibility index (Phi) is 8.02. The smallest absolute Gasteiger partial charge is 0.416 e. The fourth-order valence-electron chi connectivity index (χ4n) is 3.63. The minimum atomic E-state index is -5.00. The molecule has 0 atom stereocenters. The predicted octanol–water partition coefficient (Wildman–Crippen LogP) is 6.33. The van der Waals surface area contributed by atoms with Crippen LogP contribution in [0.15, 0.2) is 46.3 Å². The van der Waals surface area contributed by atoms with Crippen LogP contribution in [0, 0.1) is 0 Å². The van der Waals surface area contributed by atoms with Crippen LogP contribution in [-0.4, -0.2) is 47.7 Å². The number of alkyl halides is 6. The molecule has 13 heteroatoms. The summed E-state index contributed by atoms with van der Waals surface area (Å²) in [7, 11) is 1.34. The Morgan fingerprint density at radius 3 is 2.38 bits per heavy atom. The first-order chi connectivity index (χ1) is 17.5. The summed E-state index contributed by atoms with van der Waals surface area (Å²) in [6.45, 7) is 0.987. The third-order valence-electron chi connectivity index (χ3n) is 5.50. The van der Waals surface area contributed by atoms with Gasteiger partial charge in [0.15, 0.2) is 16.7 Å². The monoisotopic (exact) mass is 562 g/mol. The van der Waals surface area contributed by atoms with Gasteiger partial charge in [0.1, 0.15) is 6.61 Å². The van der Waals surface area contributed by atoms with Gasteiger partial charge in [-0.3, -0.25) is 4.79 Å². The molecule has 1 amide bonds. The van der Waals surface area contributed by atoms with E-state index in [0.717, 1.165) is 30.7 Å². The molecule has 2 aliphatic rings. The second-order valence-corrected chi connectivity index (χ2v) is 10.2. The van der Waals surface area contributed by atoms with Crippen LogP contribution in [0.4, 0.5) is 26.3 Å². The number of thioether (sulfide) groups is 2. The van der Waals surface area contributed by atoms with Gasteiger partial charge >= 0.3 is 12.4 Å². The Hall–Kier alpha value is -2.80. The summed E-state index contributed by atoms with van der Waals surface area (Å²) < 4.78 is 89.7. The number of carbonyl (C=O) groups is 1. The maximum Gasteiger partial charge on any atom is 0.416 e. The number of carbonyl (C=O) groups excluding carboxylic acids is 1. The summed E-state index contributed by atoms with van der Waals surface area (Å²) in [6.07, 6.45) is -8.28. The Bertz CT molecular complexity index is 1240. The lowest BCUT2D eigenvalue weighted by molar-refractivity contribution is -0.143. The largest absolute Gasteiger partial charge is 0.493 e. The van der Waals surface area contributed by atoms with Crippen LogP contribution in [0.3, 0.4) is 0 Å². The van der Waals surface area contributed by atoms with Crippen LogP contribution >= 0.6 is 23.5 Å². The third-order valence-corrected chi connectivity index (χ3v) is 7.49. The second kappa shape index (κ2) is 10.9. The van der Waals surface area contributed by atoms with E-state index >= 15 is 0 Å². The third kappa shape index (κ3) is 6.56. The number of hydrogen-bond acceptors (Lipinski definition) is 6. The molecule has 2 aliphatic heterocycles. The van der Waals surface area contributed by atoms with Crippen molar-refractivity contribution < 1.29 is 40.6 Å². The fourth-order valence-corrected chi connectivity index (χ4v) is 5.50. The summed E-state index contributed by atoms with van der Waals surface area (Å²) in [5.41, 5.74) is -2.70. The quantitative estimate of drug-likeness (QED) is 0.314. The number of amidine groups is 1. The van der Waals surface area contributed by atoms with Crippen molar-refractivity contribution in [2.24, 2.45) is 4.99 Å². The molecule has 0 N–H and O–H groups in total. The van der Waals surface area contributed by atoms with Crippen molar-refractivity contribution in [1.29, 1.82) is 0 Å². The Labute approximate surface area is 216 Å².